The van der Waals surface area contributed by atoms with Gasteiger partial charge in [0, 0.05) is 61.0 Å². The number of benzene rings is 1. The Morgan fingerprint density at radius 1 is 1.19 bits per heavy atom. The number of hydrogen-bond acceptors (Lipinski definition) is 4. The zero-order valence-electron chi connectivity index (χ0n) is 14.6. The summed E-state index contributed by atoms with van der Waals surface area (Å²) in [5.74, 6) is 0. The van der Waals surface area contributed by atoms with Gasteiger partial charge in [-0.05, 0) is 18.2 Å². The van der Waals surface area contributed by atoms with E-state index < -0.39 is 0 Å². The molecule has 3 heterocycles. The highest BCUT2D eigenvalue weighted by molar-refractivity contribution is 6.31. The lowest BCUT2D eigenvalue weighted by molar-refractivity contribution is 0.589. The lowest BCUT2D eigenvalue weighted by Gasteiger charge is -2.29. The average molecular weight is 380 g/mol. The second kappa shape index (κ2) is 6.43. The number of hydrogen-bond donors (Lipinski definition) is 2. The molecule has 3 aromatic rings. The summed E-state index contributed by atoms with van der Waals surface area (Å²) in [5.41, 5.74) is 6.54. The van der Waals surface area contributed by atoms with Crippen molar-refractivity contribution in [1.82, 2.24) is 20.1 Å². The Labute approximate surface area is 160 Å². The van der Waals surface area contributed by atoms with E-state index >= 15 is 0 Å². The zero-order chi connectivity index (χ0) is 18.4. The van der Waals surface area contributed by atoms with E-state index in [0.29, 0.717) is 16.8 Å². The van der Waals surface area contributed by atoms with Gasteiger partial charge in [-0.1, -0.05) is 23.4 Å². The Balaban J connectivity index is 1.64. The number of piperazine rings is 1. The zero-order valence-corrected chi connectivity index (χ0v) is 15.4. The van der Waals surface area contributed by atoms with E-state index in [2.05, 4.69) is 38.2 Å². The van der Waals surface area contributed by atoms with Crippen LogP contribution in [0.3, 0.4) is 0 Å². The molecule has 1 fully saturated rings. The largest absolute Gasteiger partial charge is 0.369 e. The maximum absolute atomic E-state index is 12.8. The molecule has 136 valence electrons. The Morgan fingerprint density at radius 2 is 2.04 bits per heavy atom. The fourth-order valence-electron chi connectivity index (χ4n) is 3.68. The summed E-state index contributed by atoms with van der Waals surface area (Å²) in [5, 5.41) is 8.76. The summed E-state index contributed by atoms with van der Waals surface area (Å²) in [4.78, 5) is 19.7. The first-order valence-corrected chi connectivity index (χ1v) is 9.39. The predicted octanol–water partition coefficient (Wildman–Crippen LogP) is 2.81. The van der Waals surface area contributed by atoms with Gasteiger partial charge in [0.2, 0.25) is 0 Å². The van der Waals surface area contributed by atoms with Crippen LogP contribution in [0.4, 0.5) is 5.69 Å². The summed E-state index contributed by atoms with van der Waals surface area (Å²) < 4.78 is 1.53. The van der Waals surface area contributed by atoms with Gasteiger partial charge < -0.3 is 10.2 Å². The van der Waals surface area contributed by atoms with Crippen LogP contribution < -0.4 is 15.8 Å². The number of anilines is 1. The highest BCUT2D eigenvalue weighted by Gasteiger charge is 2.16. The SMILES string of the molecule is O=c1c2cnc3cc(N4CCNCC4)ccc3c2[nH]n1C1=C=CC(Cl)=CC1. The van der Waals surface area contributed by atoms with Gasteiger partial charge in [-0.25, -0.2) is 4.68 Å². The number of allylic oxidation sites excluding steroid dienone is 3. The highest BCUT2D eigenvalue weighted by Crippen LogP contribution is 2.26. The van der Waals surface area contributed by atoms with Crippen LogP contribution in [0.2, 0.25) is 0 Å². The van der Waals surface area contributed by atoms with Crippen molar-refractivity contribution >= 4 is 44.8 Å². The maximum Gasteiger partial charge on any atom is 0.280 e. The molecular weight excluding hydrogens is 362 g/mol. The first-order chi connectivity index (χ1) is 13.2. The van der Waals surface area contributed by atoms with E-state index in [1.54, 1.807) is 12.3 Å². The van der Waals surface area contributed by atoms with Gasteiger partial charge in [-0.3, -0.25) is 14.9 Å². The van der Waals surface area contributed by atoms with Crippen LogP contribution in [-0.2, 0) is 0 Å². The third kappa shape index (κ3) is 2.79. The van der Waals surface area contributed by atoms with E-state index in [0.717, 1.165) is 54.0 Å². The number of aromatic amines is 1. The van der Waals surface area contributed by atoms with Crippen molar-refractivity contribution in [3.8, 4) is 0 Å². The summed E-state index contributed by atoms with van der Waals surface area (Å²) in [6.45, 7) is 3.94. The molecule has 6 nitrogen and oxygen atoms in total. The summed E-state index contributed by atoms with van der Waals surface area (Å²) in [7, 11) is 0. The minimum atomic E-state index is -0.118. The molecule has 2 aliphatic rings. The molecule has 0 unspecified atom stereocenters. The lowest BCUT2D eigenvalue weighted by atomic mass is 10.1. The number of rotatable bonds is 2. The molecule has 0 bridgehead atoms. The van der Waals surface area contributed by atoms with Crippen LogP contribution in [0.5, 0.6) is 0 Å². The van der Waals surface area contributed by atoms with Crippen LogP contribution >= 0.6 is 11.6 Å². The molecular formula is C20H18ClN5O. The van der Waals surface area contributed by atoms with Crippen molar-refractivity contribution in [2.24, 2.45) is 0 Å². The quantitative estimate of drug-likeness (QED) is 0.672. The third-order valence-electron chi connectivity index (χ3n) is 5.13. The van der Waals surface area contributed by atoms with Gasteiger partial charge in [0.1, 0.15) is 0 Å². The fourth-order valence-corrected chi connectivity index (χ4v) is 3.81. The molecule has 1 aliphatic heterocycles. The van der Waals surface area contributed by atoms with E-state index in [1.165, 1.54) is 4.68 Å². The van der Waals surface area contributed by atoms with E-state index in [1.807, 2.05) is 12.1 Å². The molecule has 7 heteroatoms. The topological polar surface area (TPSA) is 66.0 Å². The van der Waals surface area contributed by atoms with Gasteiger partial charge in [0.15, 0.2) is 0 Å². The molecule has 0 amide bonds. The maximum atomic E-state index is 12.8. The monoisotopic (exact) mass is 379 g/mol. The van der Waals surface area contributed by atoms with E-state index in [4.69, 9.17) is 11.6 Å². The van der Waals surface area contributed by atoms with Gasteiger partial charge in [0.25, 0.3) is 5.56 Å². The van der Waals surface area contributed by atoms with Crippen molar-refractivity contribution in [3.05, 3.63) is 57.7 Å². The molecule has 27 heavy (non-hydrogen) atoms. The highest BCUT2D eigenvalue weighted by atomic mass is 35.5. The van der Waals surface area contributed by atoms with Crippen LogP contribution in [0.1, 0.15) is 6.42 Å². The van der Waals surface area contributed by atoms with Crippen LogP contribution in [-0.4, -0.2) is 40.9 Å². The van der Waals surface area contributed by atoms with Gasteiger partial charge in [0.05, 0.1) is 22.1 Å². The third-order valence-corrected chi connectivity index (χ3v) is 5.39. The van der Waals surface area contributed by atoms with Crippen molar-refractivity contribution in [1.29, 1.82) is 0 Å². The number of nitrogens with zero attached hydrogens (tertiary/aromatic N) is 3. The Bertz CT molecular complexity index is 1210. The molecule has 2 aromatic heterocycles. The summed E-state index contributed by atoms with van der Waals surface area (Å²) in [6.07, 6.45) is 5.75. The smallest absolute Gasteiger partial charge is 0.280 e. The normalized spacial score (nSPS) is 17.4. The minimum Gasteiger partial charge on any atom is -0.369 e. The Hall–Kier alpha value is -2.79. The number of nitrogens with one attached hydrogen (secondary N) is 2. The van der Waals surface area contributed by atoms with E-state index in [-0.39, 0.29) is 5.56 Å². The summed E-state index contributed by atoms with van der Waals surface area (Å²) in [6, 6.07) is 6.24. The number of H-pyrrole nitrogens is 1. The molecule has 2 N–H and O–H groups in total. The molecule has 0 saturated carbocycles. The molecule has 1 saturated heterocycles. The predicted molar refractivity (Wildman–Crippen MR) is 109 cm³/mol. The van der Waals surface area contributed by atoms with Gasteiger partial charge >= 0.3 is 0 Å². The van der Waals surface area contributed by atoms with Crippen LogP contribution in [0.15, 0.2) is 52.1 Å². The Morgan fingerprint density at radius 3 is 2.81 bits per heavy atom. The van der Waals surface area contributed by atoms with Gasteiger partial charge in [-0.2, -0.15) is 0 Å². The second-order valence-electron chi connectivity index (χ2n) is 6.77. The number of aromatic nitrogens is 3. The minimum absolute atomic E-state index is 0.118. The first-order valence-electron chi connectivity index (χ1n) is 9.01. The lowest BCUT2D eigenvalue weighted by Crippen LogP contribution is -2.43. The second-order valence-corrected chi connectivity index (χ2v) is 7.20. The summed E-state index contributed by atoms with van der Waals surface area (Å²) >= 11 is 5.96. The van der Waals surface area contributed by atoms with Crippen LogP contribution in [0.25, 0.3) is 27.5 Å². The van der Waals surface area contributed by atoms with Crippen molar-refractivity contribution in [2.45, 2.75) is 6.42 Å². The van der Waals surface area contributed by atoms with Gasteiger partial charge in [-0.15, -0.1) is 0 Å². The molecule has 0 radical (unpaired) electrons. The van der Waals surface area contributed by atoms with Crippen molar-refractivity contribution < 1.29 is 0 Å². The molecule has 0 spiro atoms. The molecule has 5 rings (SSSR count). The Kier molecular flexibility index (Phi) is 3.90. The van der Waals surface area contributed by atoms with Crippen LogP contribution in [0, 0.1) is 0 Å². The standard InChI is InChI=1S/C20H18ClN5O/c21-13-1-3-14(4-2-13)26-20(27)17-12-23-18-11-15(25-9-7-22-8-10-25)5-6-16(18)19(17)24-26/h1-2,5-6,11-12,22,24H,3,7-10H2. The number of pyridine rings is 1. The van der Waals surface area contributed by atoms with Crippen molar-refractivity contribution in [2.75, 3.05) is 31.1 Å². The molecule has 1 aliphatic carbocycles. The van der Waals surface area contributed by atoms with Crippen molar-refractivity contribution in [3.63, 3.8) is 0 Å². The average Bonchev–Trinajstić information content (AvgIpc) is 3.06. The molecule has 0 atom stereocenters. The fraction of sp³-hybridized carbons (Fsp3) is 0.250. The van der Waals surface area contributed by atoms with E-state index in [9.17, 15) is 4.79 Å². The number of halogens is 1. The molecule has 1 aromatic carbocycles. The first kappa shape index (κ1) is 16.4. The number of fused-ring (bicyclic) bond motifs is 3.